The minimum absolute atomic E-state index is 0.123. The summed E-state index contributed by atoms with van der Waals surface area (Å²) in [5.74, 6) is -1.64. The normalized spacial score (nSPS) is 11.0. The quantitative estimate of drug-likeness (QED) is 0.819. The highest BCUT2D eigenvalue weighted by Crippen LogP contribution is 2.32. The summed E-state index contributed by atoms with van der Waals surface area (Å²) in [5.41, 5.74) is 6.49. The van der Waals surface area contributed by atoms with E-state index in [0.29, 0.717) is 5.00 Å². The molecule has 0 saturated carbocycles. The first-order valence-corrected chi connectivity index (χ1v) is 7.83. The van der Waals surface area contributed by atoms with Crippen LogP contribution in [-0.2, 0) is 4.79 Å². The van der Waals surface area contributed by atoms with Crippen LogP contribution >= 0.6 is 22.9 Å². The van der Waals surface area contributed by atoms with E-state index in [2.05, 4.69) is 5.32 Å². The highest BCUT2D eigenvalue weighted by molar-refractivity contribution is 7.16. The molecule has 0 bridgehead atoms. The number of benzene rings is 1. The predicted octanol–water partition coefficient (Wildman–Crippen LogP) is 3.91. The van der Waals surface area contributed by atoms with E-state index in [0.717, 1.165) is 16.5 Å². The summed E-state index contributed by atoms with van der Waals surface area (Å²) < 4.78 is 13.6. The van der Waals surface area contributed by atoms with E-state index in [-0.39, 0.29) is 16.1 Å². The van der Waals surface area contributed by atoms with Crippen LogP contribution in [0.5, 0.6) is 0 Å². The molecule has 0 atom stereocenters. The number of primary amides is 1. The maximum Gasteiger partial charge on any atom is 0.251 e. The first-order valence-electron chi connectivity index (χ1n) is 6.64. The molecule has 0 unspecified atom stereocenters. The van der Waals surface area contributed by atoms with E-state index in [1.165, 1.54) is 35.6 Å². The van der Waals surface area contributed by atoms with Gasteiger partial charge in [-0.05, 0) is 37.6 Å². The Balaban J connectivity index is 2.22. The van der Waals surface area contributed by atoms with Crippen LogP contribution in [0.1, 0.15) is 26.4 Å². The second-order valence-corrected chi connectivity index (χ2v) is 6.44. The summed E-state index contributed by atoms with van der Waals surface area (Å²) in [6, 6.07) is 4.26. The third-order valence-corrected chi connectivity index (χ3v) is 4.72. The molecule has 7 heteroatoms. The molecular formula is C16H14ClFN2O2S. The van der Waals surface area contributed by atoms with Gasteiger partial charge < -0.3 is 11.1 Å². The van der Waals surface area contributed by atoms with Crippen molar-refractivity contribution in [2.45, 2.75) is 13.8 Å². The average molecular weight is 353 g/mol. The summed E-state index contributed by atoms with van der Waals surface area (Å²) in [5, 5.41) is 3.17. The zero-order chi connectivity index (χ0) is 17.1. The Labute approximate surface area is 141 Å². The maximum atomic E-state index is 13.6. The number of rotatable bonds is 4. The van der Waals surface area contributed by atoms with Gasteiger partial charge in [0, 0.05) is 16.5 Å². The van der Waals surface area contributed by atoms with Crippen molar-refractivity contribution in [3.63, 3.8) is 0 Å². The van der Waals surface area contributed by atoms with E-state index in [4.69, 9.17) is 17.3 Å². The van der Waals surface area contributed by atoms with Gasteiger partial charge in [0.15, 0.2) is 0 Å². The molecule has 0 fully saturated rings. The van der Waals surface area contributed by atoms with Crippen LogP contribution in [-0.4, -0.2) is 11.8 Å². The molecular weight excluding hydrogens is 339 g/mol. The fourth-order valence-corrected chi connectivity index (χ4v) is 3.29. The van der Waals surface area contributed by atoms with E-state index in [9.17, 15) is 14.0 Å². The Kier molecular flexibility index (Phi) is 5.18. The minimum atomic E-state index is -0.608. The number of thiophene rings is 1. The number of amides is 2. The van der Waals surface area contributed by atoms with Crippen molar-refractivity contribution >= 4 is 45.8 Å². The first-order chi connectivity index (χ1) is 10.8. The van der Waals surface area contributed by atoms with Crippen molar-refractivity contribution in [3.05, 3.63) is 56.7 Å². The van der Waals surface area contributed by atoms with Gasteiger partial charge in [0.2, 0.25) is 5.91 Å². The first kappa shape index (κ1) is 17.2. The molecule has 0 aliphatic heterocycles. The summed E-state index contributed by atoms with van der Waals surface area (Å²) in [4.78, 5) is 24.4. The lowest BCUT2D eigenvalue weighted by Crippen LogP contribution is -2.16. The molecule has 2 rings (SSSR count). The zero-order valence-corrected chi connectivity index (χ0v) is 14.0. The predicted molar refractivity (Wildman–Crippen MR) is 91.4 cm³/mol. The molecule has 0 aliphatic carbocycles. The highest BCUT2D eigenvalue weighted by Gasteiger charge is 2.18. The molecule has 120 valence electrons. The lowest BCUT2D eigenvalue weighted by Gasteiger charge is -2.03. The van der Waals surface area contributed by atoms with Crippen LogP contribution in [0.25, 0.3) is 6.08 Å². The van der Waals surface area contributed by atoms with E-state index in [1.807, 2.05) is 6.92 Å². The number of aryl methyl sites for hydroxylation is 1. The van der Waals surface area contributed by atoms with E-state index < -0.39 is 17.6 Å². The molecule has 0 saturated heterocycles. The van der Waals surface area contributed by atoms with Crippen LogP contribution in [0, 0.1) is 19.7 Å². The lowest BCUT2D eigenvalue weighted by molar-refractivity contribution is -0.111. The second kappa shape index (κ2) is 6.93. The molecule has 1 aromatic heterocycles. The van der Waals surface area contributed by atoms with Gasteiger partial charge in [0.05, 0.1) is 10.6 Å². The average Bonchev–Trinajstić information content (AvgIpc) is 2.73. The number of halogens is 2. The molecule has 1 aromatic carbocycles. The topological polar surface area (TPSA) is 72.2 Å². The summed E-state index contributed by atoms with van der Waals surface area (Å²) in [6.45, 7) is 3.59. The standard InChI is InChI=1S/C16H14ClFN2O2S/c1-8-9(2)23-16(14(8)15(19)22)20-13(21)7-6-10-11(17)4-3-5-12(10)18/h3-7H,1-2H3,(H2,19,22)(H,20,21). The van der Waals surface area contributed by atoms with Gasteiger partial charge in [-0.1, -0.05) is 17.7 Å². The lowest BCUT2D eigenvalue weighted by atomic mass is 10.1. The smallest absolute Gasteiger partial charge is 0.251 e. The number of carbonyl (C=O) groups excluding carboxylic acids is 2. The van der Waals surface area contributed by atoms with E-state index >= 15 is 0 Å². The van der Waals surface area contributed by atoms with Gasteiger partial charge in [0.25, 0.3) is 5.91 Å². The molecule has 1 heterocycles. The van der Waals surface area contributed by atoms with Crippen LogP contribution in [0.3, 0.4) is 0 Å². The van der Waals surface area contributed by atoms with Gasteiger partial charge >= 0.3 is 0 Å². The van der Waals surface area contributed by atoms with Gasteiger partial charge in [-0.2, -0.15) is 0 Å². The van der Waals surface area contributed by atoms with Crippen molar-refractivity contribution in [1.29, 1.82) is 0 Å². The zero-order valence-electron chi connectivity index (χ0n) is 12.4. The Bertz CT molecular complexity index is 794. The van der Waals surface area contributed by atoms with Gasteiger partial charge in [-0.25, -0.2) is 4.39 Å². The number of hydrogen-bond donors (Lipinski definition) is 2. The fraction of sp³-hybridized carbons (Fsp3) is 0.125. The number of nitrogens with one attached hydrogen (secondary N) is 1. The summed E-state index contributed by atoms with van der Waals surface area (Å²) in [7, 11) is 0. The van der Waals surface area contributed by atoms with Crippen LogP contribution < -0.4 is 11.1 Å². The number of hydrogen-bond acceptors (Lipinski definition) is 3. The van der Waals surface area contributed by atoms with Gasteiger partial charge in [0.1, 0.15) is 10.8 Å². The Hall–Kier alpha value is -2.18. The Morgan fingerprint density at radius 3 is 2.65 bits per heavy atom. The minimum Gasteiger partial charge on any atom is -0.365 e. The summed E-state index contributed by atoms with van der Waals surface area (Å²) in [6.07, 6.45) is 2.43. The van der Waals surface area contributed by atoms with Crippen LogP contribution in [0.15, 0.2) is 24.3 Å². The van der Waals surface area contributed by atoms with E-state index in [1.54, 1.807) is 6.92 Å². The number of carbonyl (C=O) groups is 2. The Morgan fingerprint density at radius 1 is 1.35 bits per heavy atom. The molecule has 2 aromatic rings. The van der Waals surface area contributed by atoms with Crippen molar-refractivity contribution in [2.24, 2.45) is 5.73 Å². The second-order valence-electron chi connectivity index (χ2n) is 4.81. The number of nitrogens with two attached hydrogens (primary N) is 1. The van der Waals surface area contributed by atoms with Crippen LogP contribution in [0.4, 0.5) is 9.39 Å². The largest absolute Gasteiger partial charge is 0.365 e. The summed E-state index contributed by atoms with van der Waals surface area (Å²) >= 11 is 7.14. The van der Waals surface area contributed by atoms with Gasteiger partial charge in [-0.3, -0.25) is 9.59 Å². The van der Waals surface area contributed by atoms with Crippen molar-refractivity contribution in [1.82, 2.24) is 0 Å². The third-order valence-electron chi connectivity index (χ3n) is 3.27. The van der Waals surface area contributed by atoms with Crippen molar-refractivity contribution < 1.29 is 14.0 Å². The molecule has 3 N–H and O–H groups in total. The maximum absolute atomic E-state index is 13.6. The monoisotopic (exact) mass is 352 g/mol. The molecule has 23 heavy (non-hydrogen) atoms. The number of anilines is 1. The SMILES string of the molecule is Cc1sc(NC(=O)C=Cc2c(F)cccc2Cl)c(C(N)=O)c1C. The fourth-order valence-electron chi connectivity index (χ4n) is 1.99. The Morgan fingerprint density at radius 2 is 2.04 bits per heavy atom. The van der Waals surface area contributed by atoms with Gasteiger partial charge in [-0.15, -0.1) is 11.3 Å². The molecule has 0 aliphatic rings. The van der Waals surface area contributed by atoms with Crippen molar-refractivity contribution in [2.75, 3.05) is 5.32 Å². The molecule has 0 radical (unpaired) electrons. The molecule has 4 nitrogen and oxygen atoms in total. The molecule has 2 amide bonds. The third kappa shape index (κ3) is 3.78. The highest BCUT2D eigenvalue weighted by atomic mass is 35.5. The molecule has 0 spiro atoms. The van der Waals surface area contributed by atoms with Crippen molar-refractivity contribution in [3.8, 4) is 0 Å². The van der Waals surface area contributed by atoms with Crippen LogP contribution in [0.2, 0.25) is 5.02 Å².